The highest BCUT2D eigenvalue weighted by atomic mass is 19.4. The number of carbonyl (C=O) groups is 1. The third-order valence-electron chi connectivity index (χ3n) is 5.00. The molecule has 2 aromatic carbocycles. The van der Waals surface area contributed by atoms with Gasteiger partial charge in [-0.1, -0.05) is 18.2 Å². The fourth-order valence-electron chi connectivity index (χ4n) is 3.43. The Morgan fingerprint density at radius 3 is 2.46 bits per heavy atom. The molecule has 2 N–H and O–H groups in total. The van der Waals surface area contributed by atoms with Crippen LogP contribution in [0.3, 0.4) is 0 Å². The van der Waals surface area contributed by atoms with Crippen LogP contribution in [0, 0.1) is 13.8 Å². The Bertz CT molecular complexity index is 1560. The zero-order valence-corrected chi connectivity index (χ0v) is 18.5. The van der Waals surface area contributed by atoms with E-state index in [0.717, 1.165) is 22.9 Å². The van der Waals surface area contributed by atoms with Crippen molar-refractivity contribution in [3.8, 4) is 17.1 Å². The number of hydrogen-bond acceptors (Lipinski definition) is 5. The number of hydrogen-bond donors (Lipinski definition) is 2. The van der Waals surface area contributed by atoms with E-state index < -0.39 is 28.8 Å². The number of amides is 1. The van der Waals surface area contributed by atoms with Gasteiger partial charge in [-0.15, -0.1) is 0 Å². The van der Waals surface area contributed by atoms with Gasteiger partial charge in [0.15, 0.2) is 5.69 Å². The van der Waals surface area contributed by atoms with Gasteiger partial charge in [-0.05, 0) is 44.2 Å². The fourth-order valence-corrected chi connectivity index (χ4v) is 3.43. The van der Waals surface area contributed by atoms with Crippen LogP contribution in [0.4, 0.5) is 18.9 Å². The van der Waals surface area contributed by atoms with Gasteiger partial charge < -0.3 is 10.3 Å². The Morgan fingerprint density at radius 2 is 1.74 bits per heavy atom. The first-order valence-corrected chi connectivity index (χ1v) is 10.3. The second-order valence-corrected chi connectivity index (χ2v) is 7.73. The maximum absolute atomic E-state index is 13.1. The van der Waals surface area contributed by atoms with Crippen molar-refractivity contribution in [2.75, 3.05) is 5.32 Å². The summed E-state index contributed by atoms with van der Waals surface area (Å²) < 4.78 is 40.5. The molecule has 0 unspecified atom stereocenters. The minimum absolute atomic E-state index is 0.0443. The molecule has 0 saturated carbocycles. The highest BCUT2D eigenvalue weighted by molar-refractivity contribution is 6.03. The van der Waals surface area contributed by atoms with Crippen LogP contribution >= 0.6 is 0 Å². The van der Waals surface area contributed by atoms with Crippen LogP contribution in [0.25, 0.3) is 17.1 Å². The SMILES string of the molecule is Cc1cc(=O)[nH]c(-c2cccc(NC(=O)c3nn(-c4cccc(C(F)(F)F)c4)c(C)cc3=O)c2)n1. The number of anilines is 1. The van der Waals surface area contributed by atoms with Gasteiger partial charge in [0, 0.05) is 34.8 Å². The minimum atomic E-state index is -4.56. The van der Waals surface area contributed by atoms with Crippen LogP contribution in [-0.2, 0) is 6.18 Å². The molecule has 4 rings (SSSR count). The first kappa shape index (κ1) is 23.6. The maximum atomic E-state index is 13.1. The van der Waals surface area contributed by atoms with Gasteiger partial charge in [0.1, 0.15) is 5.82 Å². The monoisotopic (exact) mass is 481 g/mol. The summed E-state index contributed by atoms with van der Waals surface area (Å²) >= 11 is 0. The largest absolute Gasteiger partial charge is 0.416 e. The zero-order chi connectivity index (χ0) is 25.3. The number of carbonyl (C=O) groups excluding carboxylic acids is 1. The summed E-state index contributed by atoms with van der Waals surface area (Å²) in [6, 6.07) is 13.3. The number of H-pyrrole nitrogens is 1. The molecule has 0 aliphatic heterocycles. The van der Waals surface area contributed by atoms with Gasteiger partial charge >= 0.3 is 6.18 Å². The van der Waals surface area contributed by atoms with Crippen LogP contribution in [0.2, 0.25) is 0 Å². The topological polar surface area (TPSA) is 110 Å². The van der Waals surface area contributed by atoms with Gasteiger partial charge in [0.25, 0.3) is 11.5 Å². The zero-order valence-electron chi connectivity index (χ0n) is 18.5. The summed E-state index contributed by atoms with van der Waals surface area (Å²) in [4.78, 5) is 44.0. The molecule has 0 saturated heterocycles. The molecule has 8 nitrogen and oxygen atoms in total. The number of aromatic amines is 1. The molecule has 2 aromatic heterocycles. The molecular formula is C24H18F3N5O3. The first-order chi connectivity index (χ1) is 16.5. The number of rotatable bonds is 4. The third-order valence-corrected chi connectivity index (χ3v) is 5.00. The van der Waals surface area contributed by atoms with Crippen molar-refractivity contribution < 1.29 is 18.0 Å². The van der Waals surface area contributed by atoms with Crippen LogP contribution in [0.15, 0.2) is 70.3 Å². The standard InChI is InChI=1S/C24H18F3N5O3/c1-13-9-20(34)30-22(28-13)15-5-3-7-17(11-15)29-23(35)21-19(33)10-14(2)32(31-21)18-8-4-6-16(12-18)24(25,26)27/h3-12H,1-2H3,(H,29,35)(H,28,30,34). The lowest BCUT2D eigenvalue weighted by atomic mass is 10.1. The van der Waals surface area contributed by atoms with Crippen molar-refractivity contribution in [2.24, 2.45) is 0 Å². The quantitative estimate of drug-likeness (QED) is 0.460. The second kappa shape index (κ2) is 9.01. The summed E-state index contributed by atoms with van der Waals surface area (Å²) in [6.45, 7) is 3.16. The van der Waals surface area contributed by atoms with Crippen molar-refractivity contribution in [3.05, 3.63) is 104 Å². The van der Waals surface area contributed by atoms with E-state index in [4.69, 9.17) is 0 Å². The van der Waals surface area contributed by atoms with Crippen molar-refractivity contribution in [2.45, 2.75) is 20.0 Å². The van der Waals surface area contributed by atoms with Gasteiger partial charge in [0.05, 0.1) is 11.3 Å². The van der Waals surface area contributed by atoms with E-state index in [2.05, 4.69) is 20.4 Å². The van der Waals surface area contributed by atoms with Gasteiger partial charge in [-0.3, -0.25) is 14.4 Å². The first-order valence-electron chi connectivity index (χ1n) is 10.3. The van der Waals surface area contributed by atoms with E-state index in [1.807, 2.05) is 0 Å². The summed E-state index contributed by atoms with van der Waals surface area (Å²) in [7, 11) is 0. The molecule has 2 heterocycles. The highest BCUT2D eigenvalue weighted by Crippen LogP contribution is 2.30. The molecule has 0 fully saturated rings. The predicted octanol–water partition coefficient (Wildman–Crippen LogP) is 3.87. The number of benzene rings is 2. The third kappa shape index (κ3) is 5.18. The lowest BCUT2D eigenvalue weighted by Crippen LogP contribution is -2.27. The molecule has 178 valence electrons. The fraction of sp³-hybridized carbons (Fsp3) is 0.125. The lowest BCUT2D eigenvalue weighted by Gasteiger charge is -2.14. The highest BCUT2D eigenvalue weighted by Gasteiger charge is 2.30. The molecule has 0 aliphatic rings. The van der Waals surface area contributed by atoms with Crippen LogP contribution in [0.5, 0.6) is 0 Å². The Labute approximate surface area is 196 Å². The van der Waals surface area contributed by atoms with Gasteiger partial charge in [0.2, 0.25) is 5.43 Å². The summed E-state index contributed by atoms with van der Waals surface area (Å²) in [5.41, 5.74) is -0.792. The molecular weight excluding hydrogens is 463 g/mol. The number of halogens is 3. The molecule has 0 bridgehead atoms. The number of aromatic nitrogens is 4. The Kier molecular flexibility index (Phi) is 6.08. The van der Waals surface area contributed by atoms with E-state index >= 15 is 0 Å². The molecule has 0 radical (unpaired) electrons. The summed E-state index contributed by atoms with van der Waals surface area (Å²) in [6.07, 6.45) is -4.56. The van der Waals surface area contributed by atoms with Crippen LogP contribution in [-0.4, -0.2) is 25.7 Å². The minimum Gasteiger partial charge on any atom is -0.320 e. The number of nitrogens with zero attached hydrogens (tertiary/aromatic N) is 3. The molecule has 0 atom stereocenters. The average molecular weight is 481 g/mol. The maximum Gasteiger partial charge on any atom is 0.416 e. The van der Waals surface area contributed by atoms with Gasteiger partial charge in [-0.2, -0.15) is 18.3 Å². The molecule has 4 aromatic rings. The van der Waals surface area contributed by atoms with Crippen molar-refractivity contribution in [1.29, 1.82) is 0 Å². The lowest BCUT2D eigenvalue weighted by molar-refractivity contribution is -0.137. The average Bonchev–Trinajstić information content (AvgIpc) is 2.78. The van der Waals surface area contributed by atoms with Crippen LogP contribution in [0.1, 0.15) is 27.4 Å². The molecule has 0 spiro atoms. The van der Waals surface area contributed by atoms with Crippen molar-refractivity contribution in [1.82, 2.24) is 19.7 Å². The van der Waals surface area contributed by atoms with E-state index in [0.29, 0.717) is 22.8 Å². The summed E-state index contributed by atoms with van der Waals surface area (Å²) in [5.74, 6) is -0.551. The van der Waals surface area contributed by atoms with Crippen LogP contribution < -0.4 is 16.3 Å². The molecule has 0 aliphatic carbocycles. The van der Waals surface area contributed by atoms with E-state index in [9.17, 15) is 27.6 Å². The van der Waals surface area contributed by atoms with E-state index in [-0.39, 0.29) is 16.9 Å². The predicted molar refractivity (Wildman–Crippen MR) is 123 cm³/mol. The van der Waals surface area contributed by atoms with E-state index in [1.165, 1.54) is 25.1 Å². The van der Waals surface area contributed by atoms with Gasteiger partial charge in [-0.25, -0.2) is 9.67 Å². The molecule has 35 heavy (non-hydrogen) atoms. The smallest absolute Gasteiger partial charge is 0.320 e. The summed E-state index contributed by atoms with van der Waals surface area (Å²) in [5, 5.41) is 6.59. The molecule has 1 amide bonds. The normalized spacial score (nSPS) is 11.3. The van der Waals surface area contributed by atoms with E-state index in [1.54, 1.807) is 31.2 Å². The Hall–Kier alpha value is -4.54. The van der Waals surface area contributed by atoms with Crippen molar-refractivity contribution >= 4 is 11.6 Å². The number of alkyl halides is 3. The second-order valence-electron chi connectivity index (χ2n) is 7.73. The Morgan fingerprint density at radius 1 is 1.00 bits per heavy atom. The number of nitrogens with one attached hydrogen (secondary N) is 2. The number of aryl methyl sites for hydroxylation is 2. The Balaban J connectivity index is 1.67. The molecule has 11 heteroatoms. The van der Waals surface area contributed by atoms with Crippen molar-refractivity contribution in [3.63, 3.8) is 0 Å².